The molecule has 0 fully saturated rings. The van der Waals surface area contributed by atoms with Gasteiger partial charge in [-0.1, -0.05) is 15.9 Å². The van der Waals surface area contributed by atoms with E-state index in [9.17, 15) is 18.0 Å². The maximum atomic E-state index is 12.8. The number of nitrogens with zero attached hydrogens (tertiary/aromatic N) is 2. The normalized spacial score (nSPS) is 11.4. The molecule has 1 aromatic heterocycles. The third-order valence-electron chi connectivity index (χ3n) is 2.27. The minimum absolute atomic E-state index is 0.278. The van der Waals surface area contributed by atoms with Gasteiger partial charge >= 0.3 is 12.2 Å². The maximum Gasteiger partial charge on any atom is 0.418 e. The molecule has 0 radical (unpaired) electrons. The number of amides is 1. The molecule has 0 saturated carbocycles. The fraction of sp³-hybridized carbons (Fsp3) is 0.0909. The van der Waals surface area contributed by atoms with Gasteiger partial charge in [0, 0.05) is 16.9 Å². The zero-order valence-electron chi connectivity index (χ0n) is 9.28. The molecule has 0 aliphatic heterocycles. The molecule has 100 valence electrons. The Balaban J connectivity index is 2.33. The summed E-state index contributed by atoms with van der Waals surface area (Å²) >= 11 is 2.97. The molecule has 0 saturated heterocycles. The van der Waals surface area contributed by atoms with Crippen molar-refractivity contribution >= 4 is 27.6 Å². The predicted octanol–water partition coefficient (Wildman–Crippen LogP) is 3.74. The second-order valence-electron chi connectivity index (χ2n) is 3.59. The van der Waals surface area contributed by atoms with Crippen molar-refractivity contribution in [3.8, 4) is 0 Å². The van der Waals surface area contributed by atoms with E-state index in [1.165, 1.54) is 30.9 Å². The van der Waals surface area contributed by atoms with Crippen LogP contribution in [-0.4, -0.2) is 15.6 Å². The summed E-state index contributed by atoms with van der Waals surface area (Å²) in [7, 11) is 0. The van der Waals surface area contributed by atoms with Crippen LogP contribution in [-0.2, 0) is 6.18 Å². The Morgan fingerprint density at radius 3 is 2.68 bits per heavy atom. The Labute approximate surface area is 114 Å². The van der Waals surface area contributed by atoms with Crippen LogP contribution in [0.25, 0.3) is 0 Å². The van der Waals surface area contributed by atoms with Gasteiger partial charge in [0.15, 0.2) is 0 Å². The minimum atomic E-state index is -4.55. The number of halogens is 4. The van der Waals surface area contributed by atoms with Crippen molar-refractivity contribution in [1.82, 2.24) is 9.55 Å². The van der Waals surface area contributed by atoms with Crippen molar-refractivity contribution in [3.05, 3.63) is 47.0 Å². The third kappa shape index (κ3) is 3.14. The highest BCUT2D eigenvalue weighted by molar-refractivity contribution is 9.10. The average Bonchev–Trinajstić information content (AvgIpc) is 2.83. The largest absolute Gasteiger partial charge is 0.418 e. The van der Waals surface area contributed by atoms with Crippen LogP contribution in [0.3, 0.4) is 0 Å². The standard InChI is InChI=1S/C11H7BrF3N3O/c12-7-1-2-9(8(5-7)11(13,14)15)17-10(19)18-4-3-16-6-18/h1-6H,(H,17,19). The van der Waals surface area contributed by atoms with E-state index in [4.69, 9.17) is 0 Å². The van der Waals surface area contributed by atoms with Crippen LogP contribution in [0.15, 0.2) is 41.4 Å². The van der Waals surface area contributed by atoms with Gasteiger partial charge in [0.1, 0.15) is 6.33 Å². The van der Waals surface area contributed by atoms with E-state index in [0.29, 0.717) is 0 Å². The Kier molecular flexibility index (Phi) is 3.61. The van der Waals surface area contributed by atoms with Crippen molar-refractivity contribution in [3.63, 3.8) is 0 Å². The van der Waals surface area contributed by atoms with Crippen LogP contribution in [0.5, 0.6) is 0 Å². The number of aromatic nitrogens is 2. The zero-order valence-corrected chi connectivity index (χ0v) is 10.9. The molecule has 0 aliphatic rings. The first-order valence-corrected chi connectivity index (χ1v) is 5.83. The number of hydrogen-bond acceptors (Lipinski definition) is 2. The number of alkyl halides is 3. The summed E-state index contributed by atoms with van der Waals surface area (Å²) in [5.41, 5.74) is -1.23. The number of carbonyl (C=O) groups excluding carboxylic acids is 1. The highest BCUT2D eigenvalue weighted by atomic mass is 79.9. The fourth-order valence-corrected chi connectivity index (χ4v) is 1.78. The van der Waals surface area contributed by atoms with Crippen LogP contribution in [0, 0.1) is 0 Å². The summed E-state index contributed by atoms with van der Waals surface area (Å²) in [5.74, 6) is 0. The second-order valence-corrected chi connectivity index (χ2v) is 4.50. The molecule has 4 nitrogen and oxygen atoms in total. The van der Waals surface area contributed by atoms with Crippen LogP contribution < -0.4 is 5.32 Å². The first kappa shape index (κ1) is 13.6. The van der Waals surface area contributed by atoms with Crippen molar-refractivity contribution < 1.29 is 18.0 Å². The lowest BCUT2D eigenvalue weighted by Crippen LogP contribution is -2.20. The summed E-state index contributed by atoms with van der Waals surface area (Å²) < 4.78 is 39.8. The molecule has 0 atom stereocenters. The molecule has 1 heterocycles. The number of anilines is 1. The number of imidazole rings is 1. The van der Waals surface area contributed by atoms with Gasteiger partial charge in [-0.3, -0.25) is 4.57 Å². The van der Waals surface area contributed by atoms with E-state index in [2.05, 4.69) is 26.2 Å². The molecule has 8 heteroatoms. The molecular formula is C11H7BrF3N3O. The van der Waals surface area contributed by atoms with E-state index in [-0.39, 0.29) is 10.2 Å². The van der Waals surface area contributed by atoms with Gasteiger partial charge < -0.3 is 5.32 Å². The number of benzene rings is 1. The molecular weight excluding hydrogens is 327 g/mol. The number of hydrogen-bond donors (Lipinski definition) is 1. The number of rotatable bonds is 1. The summed E-state index contributed by atoms with van der Waals surface area (Å²) in [4.78, 5) is 15.3. The van der Waals surface area contributed by atoms with Gasteiger partial charge in [-0.25, -0.2) is 9.78 Å². The smallest absolute Gasteiger partial charge is 0.307 e. The van der Waals surface area contributed by atoms with E-state index in [1.54, 1.807) is 0 Å². The van der Waals surface area contributed by atoms with Crippen LogP contribution >= 0.6 is 15.9 Å². The van der Waals surface area contributed by atoms with Gasteiger partial charge in [0.2, 0.25) is 0 Å². The van der Waals surface area contributed by atoms with Gasteiger partial charge in [0.25, 0.3) is 0 Å². The Morgan fingerprint density at radius 1 is 1.37 bits per heavy atom. The molecule has 1 amide bonds. The van der Waals surface area contributed by atoms with Crippen molar-refractivity contribution in [2.75, 3.05) is 5.32 Å². The summed E-state index contributed by atoms with van der Waals surface area (Å²) in [6.07, 6.45) is -0.671. The van der Waals surface area contributed by atoms with Crippen molar-refractivity contribution in [1.29, 1.82) is 0 Å². The van der Waals surface area contributed by atoms with E-state index >= 15 is 0 Å². The number of nitrogens with one attached hydrogen (secondary N) is 1. The summed E-state index contributed by atoms with van der Waals surface area (Å²) in [5, 5.41) is 2.19. The molecule has 0 unspecified atom stereocenters. The second kappa shape index (κ2) is 5.04. The van der Waals surface area contributed by atoms with Gasteiger partial charge in [0.05, 0.1) is 11.3 Å². The first-order chi connectivity index (χ1) is 8.88. The highest BCUT2D eigenvalue weighted by Gasteiger charge is 2.34. The monoisotopic (exact) mass is 333 g/mol. The van der Waals surface area contributed by atoms with Crippen LogP contribution in [0.4, 0.5) is 23.7 Å². The van der Waals surface area contributed by atoms with Crippen molar-refractivity contribution in [2.24, 2.45) is 0 Å². The Morgan fingerprint density at radius 2 is 2.11 bits per heavy atom. The van der Waals surface area contributed by atoms with Crippen LogP contribution in [0.1, 0.15) is 5.56 Å². The van der Waals surface area contributed by atoms with E-state index < -0.39 is 17.8 Å². The lowest BCUT2D eigenvalue weighted by molar-refractivity contribution is -0.136. The molecule has 0 aliphatic carbocycles. The van der Waals surface area contributed by atoms with Gasteiger partial charge in [-0.2, -0.15) is 13.2 Å². The lowest BCUT2D eigenvalue weighted by atomic mass is 10.1. The minimum Gasteiger partial charge on any atom is -0.307 e. The average molecular weight is 334 g/mol. The van der Waals surface area contributed by atoms with Crippen LogP contribution in [0.2, 0.25) is 0 Å². The molecule has 2 aromatic rings. The molecule has 0 spiro atoms. The van der Waals surface area contributed by atoms with E-state index in [0.717, 1.165) is 10.6 Å². The Hall–Kier alpha value is -1.83. The fourth-order valence-electron chi connectivity index (χ4n) is 1.42. The van der Waals surface area contributed by atoms with Crippen molar-refractivity contribution in [2.45, 2.75) is 6.18 Å². The van der Waals surface area contributed by atoms with E-state index in [1.807, 2.05) is 0 Å². The quantitative estimate of drug-likeness (QED) is 0.864. The van der Waals surface area contributed by atoms with Gasteiger partial charge in [-0.15, -0.1) is 0 Å². The maximum absolute atomic E-state index is 12.8. The summed E-state index contributed by atoms with van der Waals surface area (Å²) in [6.45, 7) is 0. The van der Waals surface area contributed by atoms with Gasteiger partial charge in [-0.05, 0) is 18.2 Å². The molecule has 2 rings (SSSR count). The molecule has 19 heavy (non-hydrogen) atoms. The first-order valence-electron chi connectivity index (χ1n) is 5.04. The topological polar surface area (TPSA) is 46.9 Å². The predicted molar refractivity (Wildman–Crippen MR) is 65.8 cm³/mol. The molecule has 1 aromatic carbocycles. The number of carbonyl (C=O) groups is 1. The summed E-state index contributed by atoms with van der Waals surface area (Å²) in [6, 6.07) is 2.79. The Bertz CT molecular complexity index is 596. The highest BCUT2D eigenvalue weighted by Crippen LogP contribution is 2.36. The molecule has 0 bridgehead atoms. The third-order valence-corrected chi connectivity index (χ3v) is 2.76. The SMILES string of the molecule is O=C(Nc1ccc(Br)cc1C(F)(F)F)n1ccnc1. The lowest BCUT2D eigenvalue weighted by Gasteiger charge is -2.14. The molecule has 1 N–H and O–H groups in total. The zero-order chi connectivity index (χ0) is 14.0.